The molecular formula is C23H28N4O4. The van der Waals surface area contributed by atoms with E-state index in [0.717, 1.165) is 24.1 Å². The zero-order chi connectivity index (χ0) is 21.8. The lowest BCUT2D eigenvalue weighted by molar-refractivity contribution is -0.134. The summed E-state index contributed by atoms with van der Waals surface area (Å²) in [5.74, 6) is 0.596. The molecule has 1 aliphatic carbocycles. The van der Waals surface area contributed by atoms with E-state index >= 15 is 0 Å². The number of fused-ring (bicyclic) bond motifs is 2. The van der Waals surface area contributed by atoms with Gasteiger partial charge in [0.25, 0.3) is 0 Å². The molecule has 1 aromatic heterocycles. The van der Waals surface area contributed by atoms with Crippen LogP contribution in [-0.2, 0) is 21.8 Å². The molecule has 2 N–H and O–H groups in total. The summed E-state index contributed by atoms with van der Waals surface area (Å²) >= 11 is 0. The number of β-amino-alcohol motifs (C(OH)–C–C–N with tert-alkyl or cyclic N) is 1. The SMILES string of the molecule is Cc1cc(C(C(=O)N2C[C@H](O)C[C@H]2C2=NO[C@]3(CCc4ccccc43)N2)C(C)C)on1. The van der Waals surface area contributed by atoms with Gasteiger partial charge in [0.2, 0.25) is 11.6 Å². The van der Waals surface area contributed by atoms with Crippen LogP contribution in [0.3, 0.4) is 0 Å². The molecule has 1 unspecified atom stereocenters. The second-order valence-electron chi connectivity index (χ2n) is 9.17. The number of oxime groups is 1. The average molecular weight is 425 g/mol. The first-order valence-electron chi connectivity index (χ1n) is 10.9. The smallest absolute Gasteiger partial charge is 0.235 e. The van der Waals surface area contributed by atoms with Crippen LogP contribution < -0.4 is 5.32 Å². The van der Waals surface area contributed by atoms with Crippen molar-refractivity contribution in [1.82, 2.24) is 15.4 Å². The number of nitrogens with one attached hydrogen (secondary N) is 1. The third-order valence-electron chi connectivity index (χ3n) is 6.59. The van der Waals surface area contributed by atoms with Crippen LogP contribution >= 0.6 is 0 Å². The Balaban J connectivity index is 1.40. The monoisotopic (exact) mass is 424 g/mol. The third kappa shape index (κ3) is 3.29. The molecule has 0 saturated carbocycles. The number of aromatic nitrogens is 1. The normalized spacial score (nSPS) is 27.9. The number of hydrogen-bond donors (Lipinski definition) is 2. The lowest BCUT2D eigenvalue weighted by Crippen LogP contribution is -2.50. The van der Waals surface area contributed by atoms with Crippen LogP contribution in [0.5, 0.6) is 0 Å². The van der Waals surface area contributed by atoms with Crippen LogP contribution in [0.25, 0.3) is 0 Å². The molecule has 4 atom stereocenters. The molecule has 8 heteroatoms. The van der Waals surface area contributed by atoms with Crippen molar-refractivity contribution in [2.45, 2.75) is 63.8 Å². The van der Waals surface area contributed by atoms with E-state index in [4.69, 9.17) is 9.36 Å². The van der Waals surface area contributed by atoms with E-state index in [0.29, 0.717) is 18.0 Å². The highest BCUT2D eigenvalue weighted by Crippen LogP contribution is 2.41. The maximum Gasteiger partial charge on any atom is 0.235 e. The minimum absolute atomic E-state index is 0.0148. The summed E-state index contributed by atoms with van der Waals surface area (Å²) in [5.41, 5.74) is 2.38. The van der Waals surface area contributed by atoms with Crippen molar-refractivity contribution < 1.29 is 19.3 Å². The summed E-state index contributed by atoms with van der Waals surface area (Å²) < 4.78 is 5.44. The number of amidine groups is 1. The van der Waals surface area contributed by atoms with Gasteiger partial charge in [-0.3, -0.25) is 4.79 Å². The second kappa shape index (κ2) is 7.37. The van der Waals surface area contributed by atoms with Gasteiger partial charge in [0, 0.05) is 31.0 Å². The van der Waals surface area contributed by atoms with Crippen LogP contribution in [0.1, 0.15) is 55.2 Å². The van der Waals surface area contributed by atoms with E-state index < -0.39 is 17.7 Å². The van der Waals surface area contributed by atoms with Crippen LogP contribution in [0.4, 0.5) is 0 Å². The molecule has 1 aromatic carbocycles. The molecule has 31 heavy (non-hydrogen) atoms. The summed E-state index contributed by atoms with van der Waals surface area (Å²) in [7, 11) is 0. The number of aliphatic hydroxyl groups excluding tert-OH is 1. The van der Waals surface area contributed by atoms with Crippen molar-refractivity contribution >= 4 is 11.7 Å². The molecule has 3 aliphatic rings. The summed E-state index contributed by atoms with van der Waals surface area (Å²) in [4.78, 5) is 21.3. The van der Waals surface area contributed by atoms with Crippen molar-refractivity contribution in [2.24, 2.45) is 11.1 Å². The van der Waals surface area contributed by atoms with Gasteiger partial charge in [-0.25, -0.2) is 0 Å². The molecular weight excluding hydrogens is 396 g/mol. The van der Waals surface area contributed by atoms with Gasteiger partial charge in [-0.15, -0.1) is 0 Å². The minimum atomic E-state index is -0.687. The molecule has 2 aliphatic heterocycles. The molecule has 2 aromatic rings. The van der Waals surface area contributed by atoms with Gasteiger partial charge >= 0.3 is 0 Å². The van der Waals surface area contributed by atoms with Crippen molar-refractivity contribution in [3.63, 3.8) is 0 Å². The molecule has 1 saturated heterocycles. The molecule has 164 valence electrons. The third-order valence-corrected chi connectivity index (χ3v) is 6.59. The Kier molecular flexibility index (Phi) is 4.77. The number of nitrogens with zero attached hydrogens (tertiary/aromatic N) is 3. The fourth-order valence-corrected chi connectivity index (χ4v) is 5.09. The lowest BCUT2D eigenvalue weighted by Gasteiger charge is -2.30. The van der Waals surface area contributed by atoms with Crippen molar-refractivity contribution in [3.05, 3.63) is 52.9 Å². The van der Waals surface area contributed by atoms with E-state index in [2.05, 4.69) is 27.8 Å². The number of carbonyl (C=O) groups is 1. The highest BCUT2D eigenvalue weighted by molar-refractivity contribution is 5.94. The average Bonchev–Trinajstić information content (AvgIpc) is 3.51. The fourth-order valence-electron chi connectivity index (χ4n) is 5.09. The summed E-state index contributed by atoms with van der Waals surface area (Å²) in [6.07, 6.45) is 1.48. The number of likely N-dealkylation sites (tertiary alicyclic amines) is 1. The number of aliphatic hydroxyl groups is 1. The van der Waals surface area contributed by atoms with Crippen LogP contribution in [0, 0.1) is 12.8 Å². The van der Waals surface area contributed by atoms with Crippen LogP contribution in [0.15, 0.2) is 40.0 Å². The van der Waals surface area contributed by atoms with Gasteiger partial charge in [0.1, 0.15) is 11.7 Å². The van der Waals surface area contributed by atoms with Gasteiger partial charge < -0.3 is 24.7 Å². The lowest BCUT2D eigenvalue weighted by atomic mass is 9.91. The maximum atomic E-state index is 13.6. The fraction of sp³-hybridized carbons (Fsp3) is 0.522. The van der Waals surface area contributed by atoms with Gasteiger partial charge in [0.05, 0.1) is 17.8 Å². The van der Waals surface area contributed by atoms with Crippen LogP contribution in [0.2, 0.25) is 0 Å². The van der Waals surface area contributed by atoms with E-state index in [1.165, 1.54) is 5.56 Å². The summed E-state index contributed by atoms with van der Waals surface area (Å²) in [6.45, 7) is 6.07. The Bertz CT molecular complexity index is 1030. The summed E-state index contributed by atoms with van der Waals surface area (Å²) in [5, 5.41) is 22.2. The zero-order valence-electron chi connectivity index (χ0n) is 18.0. The predicted molar refractivity (Wildman–Crippen MR) is 113 cm³/mol. The number of benzene rings is 1. The standard InChI is InChI=1S/C23H28N4O4/c1-13(2)20(19-10-14(3)25-30-19)22(29)27-12-16(28)11-18(27)21-24-23(31-26-21)9-8-15-6-4-5-7-17(15)23/h4-7,10,13,16,18,20,28H,8-9,11-12H2,1-3H3,(H,24,26)/t16-,18+,20?,23+/m1/s1. The molecule has 1 spiro atoms. The number of rotatable bonds is 4. The van der Waals surface area contributed by atoms with Gasteiger partial charge in [-0.05, 0) is 24.8 Å². The predicted octanol–water partition coefficient (Wildman–Crippen LogP) is 2.42. The van der Waals surface area contributed by atoms with Crippen LogP contribution in [-0.4, -0.2) is 45.6 Å². The maximum absolute atomic E-state index is 13.6. The van der Waals surface area contributed by atoms with Gasteiger partial charge in [-0.2, -0.15) is 0 Å². The number of carbonyl (C=O) groups excluding carboxylic acids is 1. The quantitative estimate of drug-likeness (QED) is 0.782. The molecule has 5 rings (SSSR count). The largest absolute Gasteiger partial charge is 0.391 e. The zero-order valence-corrected chi connectivity index (χ0v) is 18.0. The van der Waals surface area contributed by atoms with E-state index in [1.807, 2.05) is 39.0 Å². The number of aryl methyl sites for hydroxylation is 2. The molecule has 8 nitrogen and oxygen atoms in total. The van der Waals surface area contributed by atoms with Crippen molar-refractivity contribution in [3.8, 4) is 0 Å². The highest BCUT2D eigenvalue weighted by atomic mass is 16.7. The Labute approximate surface area is 181 Å². The van der Waals surface area contributed by atoms with E-state index in [9.17, 15) is 9.90 Å². The van der Waals surface area contributed by atoms with E-state index in [-0.39, 0.29) is 24.4 Å². The molecule has 0 bridgehead atoms. The Morgan fingerprint density at radius 3 is 2.90 bits per heavy atom. The molecule has 1 amide bonds. The highest BCUT2D eigenvalue weighted by Gasteiger charge is 2.50. The molecule has 3 heterocycles. The summed E-state index contributed by atoms with van der Waals surface area (Å²) in [6, 6.07) is 9.62. The molecule has 0 radical (unpaired) electrons. The second-order valence-corrected chi connectivity index (χ2v) is 9.17. The van der Waals surface area contributed by atoms with Gasteiger partial charge in [0.15, 0.2) is 5.84 Å². The van der Waals surface area contributed by atoms with Gasteiger partial charge in [-0.1, -0.05) is 48.4 Å². The number of amides is 1. The Hall–Kier alpha value is -2.87. The Morgan fingerprint density at radius 2 is 2.16 bits per heavy atom. The minimum Gasteiger partial charge on any atom is -0.391 e. The first-order chi connectivity index (χ1) is 14.9. The van der Waals surface area contributed by atoms with E-state index in [1.54, 1.807) is 4.90 Å². The topological polar surface area (TPSA) is 100 Å². The molecule has 1 fully saturated rings. The number of hydrogen-bond acceptors (Lipinski definition) is 7. The van der Waals surface area contributed by atoms with Crippen molar-refractivity contribution in [2.75, 3.05) is 6.54 Å². The first-order valence-corrected chi connectivity index (χ1v) is 10.9. The first kappa shape index (κ1) is 20.1. The van der Waals surface area contributed by atoms with Crippen molar-refractivity contribution in [1.29, 1.82) is 0 Å². The Morgan fingerprint density at radius 1 is 1.35 bits per heavy atom.